The number of halogens is 1. The van der Waals surface area contributed by atoms with Gasteiger partial charge in [0.05, 0.1) is 29.8 Å². The Bertz CT molecular complexity index is 5350. The van der Waals surface area contributed by atoms with Gasteiger partial charge in [-0.25, -0.2) is 44.9 Å². The Hall–Kier alpha value is -10.5. The van der Waals surface area contributed by atoms with Crippen molar-refractivity contribution in [3.63, 3.8) is 0 Å². The number of rotatable bonds is 38. The number of ether oxygens (including phenoxy) is 4. The highest BCUT2D eigenvalue weighted by Gasteiger charge is 2.36. The maximum Gasteiger partial charge on any atom is 0.239 e. The summed E-state index contributed by atoms with van der Waals surface area (Å²) < 4.78 is 25.1. The molecule has 0 bridgehead atoms. The number of hydrogen-bond acceptors (Lipinski definition) is 30. The Morgan fingerprint density at radius 2 is 0.911 bits per heavy atom. The van der Waals surface area contributed by atoms with Crippen molar-refractivity contribution in [3.8, 4) is 91.2 Å². The first-order chi connectivity index (χ1) is 65.7. The van der Waals surface area contributed by atoms with Crippen molar-refractivity contribution in [2.75, 3.05) is 159 Å². The van der Waals surface area contributed by atoms with Gasteiger partial charge < -0.3 is 100 Å². The Kier molecular flexibility index (Phi) is 39.0. The van der Waals surface area contributed by atoms with E-state index in [2.05, 4.69) is 90.4 Å². The summed E-state index contributed by atoms with van der Waals surface area (Å²) in [5.41, 5.74) is 8.21. The van der Waals surface area contributed by atoms with Crippen LogP contribution in [0, 0.1) is 0 Å². The van der Waals surface area contributed by atoms with Crippen molar-refractivity contribution < 1.29 is 49.3 Å². The van der Waals surface area contributed by atoms with E-state index in [0.717, 1.165) is 118 Å². The first-order valence-corrected chi connectivity index (χ1v) is 49.8. The normalized spacial score (nSPS) is 16.5. The van der Waals surface area contributed by atoms with Gasteiger partial charge in [0.25, 0.3) is 0 Å². The summed E-state index contributed by atoms with van der Waals surface area (Å²) in [5.74, 6) is 10.7. The van der Waals surface area contributed by atoms with Crippen LogP contribution in [-0.2, 0) is 18.4 Å². The van der Waals surface area contributed by atoms with Crippen LogP contribution in [0.2, 0.25) is 5.02 Å². The molecule has 10 aromatic rings. The lowest BCUT2D eigenvalue weighted by molar-refractivity contribution is -0.120. The second-order valence-electron chi connectivity index (χ2n) is 36.1. The summed E-state index contributed by atoms with van der Waals surface area (Å²) in [6, 6.07) is 40.7. The van der Waals surface area contributed by atoms with Crippen molar-refractivity contribution in [2.24, 2.45) is 7.05 Å². The number of anilines is 5. The maximum absolute atomic E-state index is 12.0. The van der Waals surface area contributed by atoms with Gasteiger partial charge in [0.2, 0.25) is 5.91 Å². The second-order valence-corrected chi connectivity index (χ2v) is 37.3. The van der Waals surface area contributed by atoms with Gasteiger partial charge in [0.15, 0.2) is 23.3 Å². The predicted molar refractivity (Wildman–Crippen MR) is 538 cm³/mol. The van der Waals surface area contributed by atoms with Crippen LogP contribution in [-0.4, -0.2) is 269 Å². The average Bonchev–Trinajstić information content (AvgIpc) is 1.66. The fourth-order valence-corrected chi connectivity index (χ4v) is 18.7. The zero-order chi connectivity index (χ0) is 95.1. The quantitative estimate of drug-likeness (QED) is 0.0127. The van der Waals surface area contributed by atoms with E-state index in [4.69, 9.17) is 70.4 Å². The van der Waals surface area contributed by atoms with E-state index in [1.165, 1.54) is 108 Å². The third-order valence-electron chi connectivity index (χ3n) is 25.9. The number of benzene rings is 4. The van der Waals surface area contributed by atoms with E-state index in [0.29, 0.717) is 126 Å². The number of likely N-dealkylation sites (N-methyl/N-ethyl adjacent to an activating group) is 4. The first kappa shape index (κ1) is 102. The van der Waals surface area contributed by atoms with E-state index in [9.17, 15) is 30.3 Å². The number of nitrogens with zero attached hydrogens (tertiary/aromatic N) is 16. The van der Waals surface area contributed by atoms with Crippen molar-refractivity contribution in [1.29, 1.82) is 0 Å². The highest BCUT2D eigenvalue weighted by Crippen LogP contribution is 2.49. The van der Waals surface area contributed by atoms with Gasteiger partial charge in [-0.3, -0.25) is 9.78 Å². The van der Waals surface area contributed by atoms with Crippen LogP contribution >= 0.6 is 23.4 Å². The lowest BCUT2D eigenvalue weighted by Gasteiger charge is -2.34. The Morgan fingerprint density at radius 3 is 1.36 bits per heavy atom. The summed E-state index contributed by atoms with van der Waals surface area (Å²) in [6.07, 6.45) is 32.2. The van der Waals surface area contributed by atoms with Crippen LogP contribution in [0.4, 0.5) is 29.1 Å². The summed E-state index contributed by atoms with van der Waals surface area (Å²) in [4.78, 5) is 71.4. The molecule has 10 N–H and O–H groups in total. The fraction of sp³-hybridized carbons (Fsp3) is 0.520. The molecule has 1 amide bonds. The summed E-state index contributed by atoms with van der Waals surface area (Å²) in [5, 5.41) is 65.7. The molecule has 1 saturated heterocycles. The molecule has 5 aliphatic carbocycles. The van der Waals surface area contributed by atoms with Crippen LogP contribution in [0.3, 0.4) is 0 Å². The molecule has 31 nitrogen and oxygen atoms in total. The molecular weight excluding hydrogens is 1750 g/mol. The molecule has 5 saturated carbocycles. The van der Waals surface area contributed by atoms with E-state index in [-0.39, 0.29) is 45.5 Å². The zero-order valence-electron chi connectivity index (χ0n) is 80.2. The van der Waals surface area contributed by atoms with Crippen LogP contribution in [0.25, 0.3) is 68.2 Å². The monoisotopic (exact) mass is 1890 g/mol. The molecule has 0 radical (unpaired) electrons. The smallest absolute Gasteiger partial charge is 0.239 e. The van der Waals surface area contributed by atoms with Crippen molar-refractivity contribution in [1.82, 2.24) is 81.0 Å². The van der Waals surface area contributed by atoms with Crippen LogP contribution < -0.4 is 70.0 Å². The van der Waals surface area contributed by atoms with Crippen molar-refractivity contribution >= 4 is 58.4 Å². The number of pyridine rings is 1. The molecule has 4 aromatic carbocycles. The summed E-state index contributed by atoms with van der Waals surface area (Å²) >= 11 is 8.15. The van der Waals surface area contributed by atoms with Gasteiger partial charge in [-0.05, 0) is 171 Å². The van der Waals surface area contributed by atoms with Gasteiger partial charge in [0.1, 0.15) is 120 Å². The minimum atomic E-state index is -0.615. The van der Waals surface area contributed by atoms with Crippen LogP contribution in [0.1, 0.15) is 159 Å². The highest BCUT2D eigenvalue weighted by molar-refractivity contribution is 7.98. The average molecular weight is 1890 g/mol. The predicted octanol–water partition coefficient (Wildman–Crippen LogP) is 13.6. The number of aliphatic hydroxyl groups excluding tert-OH is 5. The molecule has 4 unspecified atom stereocenters. The van der Waals surface area contributed by atoms with Gasteiger partial charge in [0, 0.05) is 168 Å². The lowest BCUT2D eigenvalue weighted by atomic mass is 9.93. The van der Waals surface area contributed by atoms with E-state index < -0.39 is 24.4 Å². The second kappa shape index (κ2) is 51.6. The molecule has 726 valence electrons. The van der Waals surface area contributed by atoms with E-state index in [1.54, 1.807) is 45.2 Å². The Morgan fingerprint density at radius 1 is 0.481 bits per heavy atom. The molecule has 7 heterocycles. The number of aromatic nitrogens is 11. The van der Waals surface area contributed by atoms with Gasteiger partial charge in [-0.1, -0.05) is 125 Å². The SMILES string of the molecule is CNCC(O)COc1cc(Cl)cc(-c2nc(-c3ccncc3)c(C3CC3)c(N(C)C3CCCCC3)n2)c1.CNCC(O)COc1cccc(-c2nc(-c3cnc(CO)n3C)cc(N(C)C3CCCCC3)n2)c1.CNCC(O)COc1cccc(-c2nc(N3CCNC(=O)C3)cc(N(C)C3CCCCC3)n2)c1.CNCC(O)COc1cccc(-c2nc(SC)cc(N(C)C3CCCCC3)n2)c1. The lowest BCUT2D eigenvalue weighted by Crippen LogP contribution is -2.48. The van der Waals surface area contributed by atoms with Crippen molar-refractivity contribution in [3.05, 3.63) is 156 Å². The summed E-state index contributed by atoms with van der Waals surface area (Å²) in [7, 11) is 17.6. The molecular formula is C102H140ClN21O10S. The number of aliphatic hydroxyl groups is 5. The standard InChI is InChI=1S/C29H36ClN5O2.C26H36N6O3.C25H36N6O3.C22H32N4O2S/c1-31-17-24(36)18-37-25-15-21(14-22(30)16-25)28-33-27(20-10-12-32-13-11-20)26(19-8-9-19)29(34-28)35(2)23-6-4-3-5-7-23;1-27-14-20(34)17-35-21-11-7-8-18(12-21)26-29-22(23-15-28-25(16-33)32(23)3)13-24(30-26)31(2)19-9-5-4-6-10-19;1-26-15-20(32)17-34-21-10-6-7-18(13-21)25-28-22(30(2)19-8-4-3-5-9-19)14-23(29-25)31-12-11-27-24(33)16-31;1-23-14-18(27)15-28-19-11-7-8-16(12-19)22-24-20(13-21(25-22)29-3)26(2)17-9-5-4-6-10-17/h10-16,19,23-24,31,36H,3-9,17-18H2,1-2H3;7-8,11-13,15,19-20,27,33-34H,4-6,9-10,14,16-17H2,1-3H3;6-7,10,13-14,19-20,26,32H,3-5,8-9,11-12,15-17H2,1-2H3,(H,27,33);7-8,11-13,17-18,23,27H,4-6,9-10,14-15H2,1-3H3. The van der Waals surface area contributed by atoms with Gasteiger partial charge >= 0.3 is 0 Å². The number of carbonyl (C=O) groups excluding carboxylic acids is 1. The van der Waals surface area contributed by atoms with Crippen LogP contribution in [0.15, 0.2) is 145 Å². The molecule has 6 fully saturated rings. The molecule has 6 aromatic heterocycles. The van der Waals surface area contributed by atoms with Crippen molar-refractivity contribution in [2.45, 2.75) is 207 Å². The van der Waals surface area contributed by atoms with E-state index >= 15 is 0 Å². The summed E-state index contributed by atoms with van der Waals surface area (Å²) in [6.45, 7) is 4.13. The minimum absolute atomic E-state index is 0.00382. The number of nitrogens with one attached hydrogen (secondary N) is 5. The molecule has 0 spiro atoms. The highest BCUT2D eigenvalue weighted by atomic mass is 35.5. The topological polar surface area (TPSA) is 365 Å². The molecule has 135 heavy (non-hydrogen) atoms. The molecule has 6 aliphatic rings. The number of hydrogen-bond donors (Lipinski definition) is 10. The number of carbonyl (C=O) groups is 1. The Balaban J connectivity index is 0.000000153. The molecule has 33 heteroatoms. The van der Waals surface area contributed by atoms with Crippen LogP contribution in [0.5, 0.6) is 23.0 Å². The third kappa shape index (κ3) is 29.3. The Labute approximate surface area is 805 Å². The zero-order valence-corrected chi connectivity index (χ0v) is 81.8. The number of thioether (sulfide) groups is 1. The third-order valence-corrected chi connectivity index (χ3v) is 26.7. The van der Waals surface area contributed by atoms with Gasteiger partial charge in [-0.2, -0.15) is 0 Å². The number of amides is 1. The molecule has 4 atom stereocenters. The molecule has 16 rings (SSSR count). The number of imidazole rings is 1. The van der Waals surface area contributed by atoms with Gasteiger partial charge in [-0.15, -0.1) is 11.8 Å². The number of piperazine rings is 1. The maximum atomic E-state index is 12.0. The first-order valence-electron chi connectivity index (χ1n) is 48.2. The molecule has 1 aliphatic heterocycles. The largest absolute Gasteiger partial charge is 0.491 e. The fourth-order valence-electron chi connectivity index (χ4n) is 18.1. The minimum Gasteiger partial charge on any atom is -0.491 e. The van der Waals surface area contributed by atoms with E-state index in [1.807, 2.05) is 151 Å².